The summed E-state index contributed by atoms with van der Waals surface area (Å²) in [5, 5.41) is 3.84. The number of hydrogen-bond acceptors (Lipinski definition) is 4. The molecule has 0 fully saturated rings. The Morgan fingerprint density at radius 2 is 1.75 bits per heavy atom. The molecular formula is C22H18BrClFN3O3S. The molecule has 1 N–H and O–H groups in total. The number of sulfonamides is 1. The zero-order chi connectivity index (χ0) is 23.1. The highest BCUT2D eigenvalue weighted by Crippen LogP contribution is 2.20. The predicted octanol–water partition coefficient (Wildman–Crippen LogP) is 4.58. The molecule has 0 radical (unpaired) electrons. The van der Waals surface area contributed by atoms with Crippen molar-refractivity contribution in [3.63, 3.8) is 0 Å². The quantitative estimate of drug-likeness (QED) is 0.337. The summed E-state index contributed by atoms with van der Waals surface area (Å²) >= 11 is 9.26. The number of halogens is 3. The number of nitrogens with one attached hydrogen (secondary N) is 1. The van der Waals surface area contributed by atoms with Gasteiger partial charge in [-0.3, -0.25) is 4.79 Å². The minimum Gasteiger partial charge on any atom is -0.272 e. The van der Waals surface area contributed by atoms with Crippen LogP contribution in [0.2, 0.25) is 5.02 Å². The monoisotopic (exact) mass is 537 g/mol. The van der Waals surface area contributed by atoms with Gasteiger partial charge in [-0.15, -0.1) is 0 Å². The van der Waals surface area contributed by atoms with Crippen LogP contribution in [0.25, 0.3) is 0 Å². The van der Waals surface area contributed by atoms with Crippen molar-refractivity contribution in [1.29, 1.82) is 0 Å². The third kappa shape index (κ3) is 6.23. The lowest BCUT2D eigenvalue weighted by Crippen LogP contribution is -2.39. The Morgan fingerprint density at radius 1 is 1.06 bits per heavy atom. The van der Waals surface area contributed by atoms with Crippen LogP contribution in [0, 0.1) is 5.82 Å². The Bertz CT molecular complexity index is 1200. The van der Waals surface area contributed by atoms with Crippen molar-refractivity contribution in [2.24, 2.45) is 5.10 Å². The normalized spacial score (nSPS) is 11.8. The number of rotatable bonds is 8. The smallest absolute Gasteiger partial charge is 0.255 e. The van der Waals surface area contributed by atoms with E-state index in [1.807, 2.05) is 0 Å². The molecule has 1 amide bonds. The lowest BCUT2D eigenvalue weighted by Gasteiger charge is -2.21. The van der Waals surface area contributed by atoms with Crippen molar-refractivity contribution in [2.45, 2.75) is 11.4 Å². The first kappa shape index (κ1) is 24.1. The molecule has 166 valence electrons. The average molecular weight is 539 g/mol. The molecule has 0 saturated carbocycles. The summed E-state index contributed by atoms with van der Waals surface area (Å²) in [6, 6.07) is 19.1. The van der Waals surface area contributed by atoms with Gasteiger partial charge >= 0.3 is 0 Å². The molecule has 3 rings (SSSR count). The molecule has 6 nitrogen and oxygen atoms in total. The van der Waals surface area contributed by atoms with Crippen LogP contribution >= 0.6 is 27.5 Å². The number of hydrazone groups is 1. The molecule has 0 atom stereocenters. The van der Waals surface area contributed by atoms with Gasteiger partial charge < -0.3 is 0 Å². The van der Waals surface area contributed by atoms with Crippen LogP contribution in [0.15, 0.2) is 87.3 Å². The average Bonchev–Trinajstić information content (AvgIpc) is 2.77. The SMILES string of the molecule is O=C(CN(Cc1ccc(Br)cc1)S(=O)(=O)c1ccccc1)N/N=C\c1c(F)cccc1Cl. The van der Waals surface area contributed by atoms with E-state index in [1.165, 1.54) is 30.3 Å². The molecule has 0 bridgehead atoms. The van der Waals surface area contributed by atoms with Crippen LogP contribution in [-0.2, 0) is 21.4 Å². The van der Waals surface area contributed by atoms with Gasteiger partial charge in [-0.05, 0) is 42.0 Å². The molecule has 0 aliphatic heterocycles. The second-order valence-corrected chi connectivity index (χ2v) is 9.90. The minimum absolute atomic E-state index is 0.0121. The Balaban J connectivity index is 1.79. The molecule has 3 aromatic rings. The number of nitrogens with zero attached hydrogens (tertiary/aromatic N) is 2. The summed E-state index contributed by atoms with van der Waals surface area (Å²) in [6.45, 7) is -0.517. The molecule has 0 unspecified atom stereocenters. The first-order chi connectivity index (χ1) is 15.3. The zero-order valence-corrected chi connectivity index (χ0v) is 19.7. The van der Waals surface area contributed by atoms with Crippen molar-refractivity contribution >= 4 is 49.7 Å². The van der Waals surface area contributed by atoms with E-state index in [4.69, 9.17) is 11.6 Å². The van der Waals surface area contributed by atoms with Gasteiger partial charge in [0.2, 0.25) is 10.0 Å². The number of benzene rings is 3. The molecule has 0 heterocycles. The third-order valence-corrected chi connectivity index (χ3v) is 7.02. The molecule has 3 aromatic carbocycles. The van der Waals surface area contributed by atoms with Crippen molar-refractivity contribution in [2.75, 3.05) is 6.54 Å². The summed E-state index contributed by atoms with van der Waals surface area (Å²) in [7, 11) is -3.97. The van der Waals surface area contributed by atoms with Crippen LogP contribution < -0.4 is 5.43 Å². The molecule has 0 spiro atoms. The van der Waals surface area contributed by atoms with Crippen LogP contribution in [0.5, 0.6) is 0 Å². The van der Waals surface area contributed by atoms with Crippen molar-refractivity contribution in [3.05, 3.63) is 99.2 Å². The summed E-state index contributed by atoms with van der Waals surface area (Å²) in [5.41, 5.74) is 2.93. The van der Waals surface area contributed by atoms with E-state index < -0.39 is 28.3 Å². The van der Waals surface area contributed by atoms with E-state index in [-0.39, 0.29) is 22.0 Å². The van der Waals surface area contributed by atoms with Gasteiger partial charge in [0, 0.05) is 16.6 Å². The zero-order valence-electron chi connectivity index (χ0n) is 16.6. The van der Waals surface area contributed by atoms with Gasteiger partial charge in [-0.2, -0.15) is 9.41 Å². The van der Waals surface area contributed by atoms with Crippen molar-refractivity contribution < 1.29 is 17.6 Å². The molecule has 0 aliphatic carbocycles. The molecule has 0 aliphatic rings. The second-order valence-electron chi connectivity index (χ2n) is 6.64. The molecule has 10 heteroatoms. The van der Waals surface area contributed by atoms with E-state index in [0.717, 1.165) is 15.0 Å². The second kappa shape index (κ2) is 10.8. The summed E-state index contributed by atoms with van der Waals surface area (Å²) < 4.78 is 42.0. The number of amides is 1. The van der Waals surface area contributed by atoms with E-state index in [2.05, 4.69) is 26.5 Å². The highest BCUT2D eigenvalue weighted by molar-refractivity contribution is 9.10. The van der Waals surface area contributed by atoms with Crippen LogP contribution in [0.4, 0.5) is 4.39 Å². The van der Waals surface area contributed by atoms with Crippen molar-refractivity contribution in [3.8, 4) is 0 Å². The van der Waals surface area contributed by atoms with Gasteiger partial charge in [0.25, 0.3) is 5.91 Å². The molecule has 0 saturated heterocycles. The van der Waals surface area contributed by atoms with Gasteiger partial charge in [0.1, 0.15) is 5.82 Å². The number of carbonyl (C=O) groups excluding carboxylic acids is 1. The fourth-order valence-corrected chi connectivity index (χ4v) is 4.64. The predicted molar refractivity (Wildman–Crippen MR) is 125 cm³/mol. The summed E-state index contributed by atoms with van der Waals surface area (Å²) in [5.74, 6) is -1.29. The van der Waals surface area contributed by atoms with Crippen LogP contribution in [-0.4, -0.2) is 31.4 Å². The minimum atomic E-state index is -3.97. The van der Waals surface area contributed by atoms with Crippen molar-refractivity contribution in [1.82, 2.24) is 9.73 Å². The highest BCUT2D eigenvalue weighted by Gasteiger charge is 2.26. The first-order valence-corrected chi connectivity index (χ1v) is 11.9. The first-order valence-electron chi connectivity index (χ1n) is 9.33. The Labute approximate surface area is 198 Å². The Morgan fingerprint density at radius 3 is 2.41 bits per heavy atom. The van der Waals surface area contributed by atoms with E-state index >= 15 is 0 Å². The fourth-order valence-electron chi connectivity index (χ4n) is 2.76. The topological polar surface area (TPSA) is 78.8 Å². The van der Waals surface area contributed by atoms with E-state index in [1.54, 1.807) is 42.5 Å². The van der Waals surface area contributed by atoms with E-state index in [9.17, 15) is 17.6 Å². The molecular weight excluding hydrogens is 521 g/mol. The fraction of sp³-hybridized carbons (Fsp3) is 0.0909. The molecule has 0 aromatic heterocycles. The largest absolute Gasteiger partial charge is 0.272 e. The standard InChI is InChI=1S/C22H18BrClFN3O3S/c23-17-11-9-16(10-12-17)14-28(32(30,31)18-5-2-1-3-6-18)15-22(29)27-26-13-19-20(24)7-4-8-21(19)25/h1-13H,14-15H2,(H,27,29)/b26-13-. The van der Waals surface area contributed by atoms with Crippen LogP contribution in [0.3, 0.4) is 0 Å². The third-order valence-electron chi connectivity index (χ3n) is 4.36. The number of carbonyl (C=O) groups is 1. The van der Waals surface area contributed by atoms with E-state index in [0.29, 0.717) is 5.56 Å². The lowest BCUT2D eigenvalue weighted by atomic mass is 10.2. The summed E-state index contributed by atoms with van der Waals surface area (Å²) in [4.78, 5) is 12.5. The highest BCUT2D eigenvalue weighted by atomic mass is 79.9. The maximum absolute atomic E-state index is 13.8. The van der Waals surface area contributed by atoms with Gasteiger partial charge in [-0.1, -0.05) is 63.9 Å². The van der Waals surface area contributed by atoms with Gasteiger partial charge in [0.15, 0.2) is 0 Å². The van der Waals surface area contributed by atoms with Gasteiger partial charge in [-0.25, -0.2) is 18.2 Å². The summed E-state index contributed by atoms with van der Waals surface area (Å²) in [6.07, 6.45) is 1.07. The number of hydrogen-bond donors (Lipinski definition) is 1. The molecule has 32 heavy (non-hydrogen) atoms. The van der Waals surface area contributed by atoms with Gasteiger partial charge in [0.05, 0.1) is 22.7 Å². The lowest BCUT2D eigenvalue weighted by molar-refractivity contribution is -0.121. The Hall–Kier alpha value is -2.59. The van der Waals surface area contributed by atoms with Crippen LogP contribution in [0.1, 0.15) is 11.1 Å². The maximum atomic E-state index is 13.8. The Kier molecular flexibility index (Phi) is 8.14. The maximum Gasteiger partial charge on any atom is 0.255 e.